The van der Waals surface area contributed by atoms with E-state index >= 15 is 0 Å². The maximum atomic E-state index is 11.8. The average Bonchev–Trinajstić information content (AvgIpc) is 2.95. The second-order valence-corrected chi connectivity index (χ2v) is 4.27. The van der Waals surface area contributed by atoms with Crippen molar-refractivity contribution in [1.29, 1.82) is 0 Å². The van der Waals surface area contributed by atoms with E-state index in [0.717, 1.165) is 5.56 Å². The zero-order valence-corrected chi connectivity index (χ0v) is 10.9. The Kier molecular flexibility index (Phi) is 3.34. The summed E-state index contributed by atoms with van der Waals surface area (Å²) in [5.74, 6) is -0.643. The van der Waals surface area contributed by atoms with Gasteiger partial charge in [-0.25, -0.2) is 4.99 Å². The fraction of sp³-hybridized carbons (Fsp3) is 0. The number of guanidine groups is 1. The molecule has 0 aliphatic carbocycles. The molecule has 0 fully saturated rings. The van der Waals surface area contributed by atoms with Crippen LogP contribution < -0.4 is 5.32 Å². The third-order valence-electron chi connectivity index (χ3n) is 2.79. The molecule has 0 radical (unpaired) electrons. The van der Waals surface area contributed by atoms with Gasteiger partial charge >= 0.3 is 0 Å². The van der Waals surface area contributed by atoms with Gasteiger partial charge < -0.3 is 0 Å². The van der Waals surface area contributed by atoms with Gasteiger partial charge in [-0.3, -0.25) is 14.9 Å². The number of amides is 2. The molecule has 0 aromatic heterocycles. The summed E-state index contributed by atoms with van der Waals surface area (Å²) < 4.78 is 0. The van der Waals surface area contributed by atoms with Gasteiger partial charge in [-0.1, -0.05) is 30.3 Å². The highest BCUT2D eigenvalue weighted by molar-refractivity contribution is 6.33. The second kappa shape index (κ2) is 5.46. The molecule has 0 spiro atoms. The van der Waals surface area contributed by atoms with E-state index in [1.54, 1.807) is 12.2 Å². The summed E-state index contributed by atoms with van der Waals surface area (Å²) in [5, 5.41) is 2.45. The molecule has 0 atom stereocenters. The van der Waals surface area contributed by atoms with Crippen molar-refractivity contribution in [3.8, 4) is 0 Å². The van der Waals surface area contributed by atoms with Crippen LogP contribution in [0.1, 0.15) is 5.56 Å². The normalized spacial score (nSPS) is 16.4. The van der Waals surface area contributed by atoms with Crippen LogP contribution in [0.25, 0.3) is 6.08 Å². The first kappa shape index (κ1) is 12.9. The van der Waals surface area contributed by atoms with Gasteiger partial charge in [0, 0.05) is 12.3 Å². The zero-order chi connectivity index (χ0) is 14.7. The number of carbonyl (C=O) groups excluding carboxylic acids is 2. The summed E-state index contributed by atoms with van der Waals surface area (Å²) in [6.45, 7) is 0. The maximum Gasteiger partial charge on any atom is 0.284 e. The fourth-order valence-corrected chi connectivity index (χ4v) is 1.81. The van der Waals surface area contributed by atoms with Crippen molar-refractivity contribution in [1.82, 2.24) is 5.32 Å². The minimum Gasteiger partial charge on any atom is -0.291 e. The molecular formula is C15H10N4O2. The minimum absolute atomic E-state index is 0.0473. The summed E-state index contributed by atoms with van der Waals surface area (Å²) in [6, 6.07) is 9.38. The smallest absolute Gasteiger partial charge is 0.284 e. The quantitative estimate of drug-likeness (QED) is 0.822. The van der Waals surface area contributed by atoms with Crippen LogP contribution in [-0.2, 0) is 9.59 Å². The Bertz CT molecular complexity index is 755. The van der Waals surface area contributed by atoms with E-state index in [0.29, 0.717) is 5.57 Å². The lowest BCUT2D eigenvalue weighted by molar-refractivity contribution is -0.115. The van der Waals surface area contributed by atoms with Gasteiger partial charge in [0.1, 0.15) is 0 Å². The van der Waals surface area contributed by atoms with Crippen LogP contribution in [0.5, 0.6) is 0 Å². The summed E-state index contributed by atoms with van der Waals surface area (Å²) in [6.07, 6.45) is 6.03. The Labute approximate surface area is 120 Å². The van der Waals surface area contributed by atoms with Gasteiger partial charge in [0.05, 0.1) is 5.57 Å². The predicted molar refractivity (Wildman–Crippen MR) is 80.1 cm³/mol. The molecule has 0 saturated carbocycles. The number of nitrogens with zero attached hydrogens (tertiary/aromatic N) is 3. The number of rotatable bonds is 2. The molecule has 21 heavy (non-hydrogen) atoms. The highest BCUT2D eigenvalue weighted by Gasteiger charge is 2.24. The maximum absolute atomic E-state index is 11.8. The van der Waals surface area contributed by atoms with Gasteiger partial charge in [0.2, 0.25) is 5.96 Å². The van der Waals surface area contributed by atoms with Crippen molar-refractivity contribution in [3.05, 3.63) is 53.6 Å². The van der Waals surface area contributed by atoms with Crippen LogP contribution in [0.3, 0.4) is 0 Å². The van der Waals surface area contributed by atoms with E-state index < -0.39 is 11.8 Å². The van der Waals surface area contributed by atoms with E-state index in [4.69, 9.17) is 0 Å². The van der Waals surface area contributed by atoms with E-state index in [2.05, 4.69) is 20.3 Å². The lowest BCUT2D eigenvalue weighted by atomic mass is 10.2. The molecule has 3 rings (SSSR count). The summed E-state index contributed by atoms with van der Waals surface area (Å²) >= 11 is 0. The Morgan fingerprint density at radius 1 is 1.14 bits per heavy atom. The molecule has 1 aromatic carbocycles. The van der Waals surface area contributed by atoms with Crippen LogP contribution in [-0.4, -0.2) is 29.8 Å². The molecule has 1 aromatic rings. The average molecular weight is 278 g/mol. The molecule has 6 nitrogen and oxygen atoms in total. The van der Waals surface area contributed by atoms with Crippen LogP contribution in [0.4, 0.5) is 0 Å². The molecule has 2 aliphatic heterocycles. The predicted octanol–water partition coefficient (Wildman–Crippen LogP) is 1.12. The molecule has 102 valence electrons. The highest BCUT2D eigenvalue weighted by Crippen LogP contribution is 2.12. The molecule has 0 bridgehead atoms. The molecule has 0 saturated heterocycles. The molecule has 2 heterocycles. The van der Waals surface area contributed by atoms with E-state index in [-0.39, 0.29) is 11.8 Å². The molecule has 2 aliphatic rings. The molecule has 1 N–H and O–H groups in total. The van der Waals surface area contributed by atoms with E-state index in [1.807, 2.05) is 30.3 Å². The van der Waals surface area contributed by atoms with Crippen molar-refractivity contribution in [2.45, 2.75) is 0 Å². The van der Waals surface area contributed by atoms with E-state index in [1.165, 1.54) is 12.3 Å². The SMILES string of the molecule is O=C(C=Cc1ccccc1)NC1=NC(=O)C2=CC=NC2=N1. The Balaban J connectivity index is 1.69. The van der Waals surface area contributed by atoms with Crippen LogP contribution in [0.2, 0.25) is 0 Å². The minimum atomic E-state index is -0.458. The number of amidine groups is 1. The molecule has 0 unspecified atom stereocenters. The summed E-state index contributed by atoms with van der Waals surface area (Å²) in [7, 11) is 0. The highest BCUT2D eigenvalue weighted by atomic mass is 16.2. The van der Waals surface area contributed by atoms with Gasteiger partial charge in [-0.2, -0.15) is 9.98 Å². The van der Waals surface area contributed by atoms with Gasteiger partial charge in [0.15, 0.2) is 5.84 Å². The van der Waals surface area contributed by atoms with Crippen LogP contribution in [0, 0.1) is 0 Å². The summed E-state index contributed by atoms with van der Waals surface area (Å²) in [4.78, 5) is 35.1. The largest absolute Gasteiger partial charge is 0.291 e. The standard InChI is InChI=1S/C15H10N4O2/c20-12(7-6-10-4-2-1-3-5-10)17-15-18-13-11(8-9-16-13)14(21)19-15/h1-9H,(H,17,19,20,21). The van der Waals surface area contributed by atoms with Crippen molar-refractivity contribution in [2.75, 3.05) is 0 Å². The number of fused-ring (bicyclic) bond motifs is 1. The first-order valence-corrected chi connectivity index (χ1v) is 6.23. The zero-order valence-electron chi connectivity index (χ0n) is 10.9. The second-order valence-electron chi connectivity index (χ2n) is 4.27. The first-order chi connectivity index (χ1) is 10.2. The Morgan fingerprint density at radius 3 is 2.76 bits per heavy atom. The number of hydrogen-bond donors (Lipinski definition) is 1. The van der Waals surface area contributed by atoms with Gasteiger partial charge in [0.25, 0.3) is 11.8 Å². The summed E-state index contributed by atoms with van der Waals surface area (Å²) in [5.41, 5.74) is 1.24. The third-order valence-corrected chi connectivity index (χ3v) is 2.79. The molecule has 2 amide bonds. The van der Waals surface area contributed by atoms with Crippen LogP contribution >= 0.6 is 0 Å². The number of carbonyl (C=O) groups is 2. The number of nitrogens with one attached hydrogen (secondary N) is 1. The Hall–Kier alpha value is -3.15. The monoisotopic (exact) mass is 278 g/mol. The van der Waals surface area contributed by atoms with E-state index in [9.17, 15) is 9.59 Å². The van der Waals surface area contributed by atoms with Crippen molar-refractivity contribution >= 4 is 35.9 Å². The first-order valence-electron chi connectivity index (χ1n) is 6.23. The molecular weight excluding hydrogens is 268 g/mol. The molecule has 6 heteroatoms. The lowest BCUT2D eigenvalue weighted by Crippen LogP contribution is -2.32. The van der Waals surface area contributed by atoms with Crippen molar-refractivity contribution < 1.29 is 9.59 Å². The Morgan fingerprint density at radius 2 is 1.95 bits per heavy atom. The number of aliphatic imine (C=N–C) groups is 3. The topological polar surface area (TPSA) is 83.2 Å². The van der Waals surface area contributed by atoms with Crippen LogP contribution in [0.15, 0.2) is 63.0 Å². The number of allylic oxidation sites excluding steroid dienone is 1. The van der Waals surface area contributed by atoms with Crippen molar-refractivity contribution in [2.24, 2.45) is 15.0 Å². The lowest BCUT2D eigenvalue weighted by Gasteiger charge is -2.08. The fourth-order valence-electron chi connectivity index (χ4n) is 1.81. The van der Waals surface area contributed by atoms with Gasteiger partial charge in [-0.15, -0.1) is 0 Å². The number of benzene rings is 1. The third kappa shape index (κ3) is 2.89. The van der Waals surface area contributed by atoms with Gasteiger partial charge in [-0.05, 0) is 17.7 Å². The number of hydrogen-bond acceptors (Lipinski definition) is 4. The van der Waals surface area contributed by atoms with Crippen molar-refractivity contribution in [3.63, 3.8) is 0 Å².